The van der Waals surface area contributed by atoms with Crippen molar-refractivity contribution >= 4 is 0 Å². The third-order valence-electron chi connectivity index (χ3n) is 1.97. The van der Waals surface area contributed by atoms with Gasteiger partial charge in [-0.2, -0.15) is 5.26 Å². The van der Waals surface area contributed by atoms with Gasteiger partial charge in [-0.15, -0.1) is 0 Å². The van der Waals surface area contributed by atoms with Crippen LogP contribution in [0.5, 0.6) is 0 Å². The minimum Gasteiger partial charge on any atom is -0.393 e. The maximum atomic E-state index is 9.17. The van der Waals surface area contributed by atoms with Crippen LogP contribution in [0, 0.1) is 17.2 Å². The lowest BCUT2D eigenvalue weighted by Crippen LogP contribution is -2.11. The Morgan fingerprint density at radius 2 is 2.33 bits per heavy atom. The maximum absolute atomic E-state index is 9.17. The summed E-state index contributed by atoms with van der Waals surface area (Å²) >= 11 is 0. The van der Waals surface area contributed by atoms with Crippen LogP contribution in [0.15, 0.2) is 0 Å². The van der Waals surface area contributed by atoms with Gasteiger partial charge in [0.1, 0.15) is 0 Å². The number of nitrogens with zero attached hydrogens (tertiary/aromatic N) is 1. The highest BCUT2D eigenvalue weighted by Crippen LogP contribution is 2.27. The van der Waals surface area contributed by atoms with E-state index in [9.17, 15) is 0 Å². The molecule has 0 bridgehead atoms. The van der Waals surface area contributed by atoms with Crippen molar-refractivity contribution in [3.63, 3.8) is 0 Å². The Balaban J connectivity index is 2.33. The second kappa shape index (κ2) is 2.84. The van der Waals surface area contributed by atoms with Crippen LogP contribution in [0.4, 0.5) is 0 Å². The highest BCUT2D eigenvalue weighted by molar-refractivity contribution is 4.84. The third-order valence-corrected chi connectivity index (χ3v) is 1.97. The van der Waals surface area contributed by atoms with Gasteiger partial charge in [-0.1, -0.05) is 6.42 Å². The molecule has 1 N–H and O–H groups in total. The van der Waals surface area contributed by atoms with Gasteiger partial charge in [-0.25, -0.2) is 0 Å². The molecule has 0 aromatic rings. The van der Waals surface area contributed by atoms with Crippen LogP contribution in [-0.2, 0) is 0 Å². The van der Waals surface area contributed by atoms with E-state index in [4.69, 9.17) is 10.4 Å². The van der Waals surface area contributed by atoms with Gasteiger partial charge < -0.3 is 5.11 Å². The average Bonchev–Trinajstić information content (AvgIpc) is 2.18. The molecule has 2 nitrogen and oxygen atoms in total. The summed E-state index contributed by atoms with van der Waals surface area (Å²) in [6.07, 6.45) is 3.36. The molecule has 0 aromatic carbocycles. The SMILES string of the molecule is N#CCC1CCCC1O. The fourth-order valence-corrected chi connectivity index (χ4v) is 1.37. The average molecular weight is 125 g/mol. The summed E-state index contributed by atoms with van der Waals surface area (Å²) in [5.74, 6) is 0.273. The molecule has 2 unspecified atom stereocenters. The predicted molar refractivity (Wildman–Crippen MR) is 33.6 cm³/mol. The van der Waals surface area contributed by atoms with E-state index in [-0.39, 0.29) is 12.0 Å². The molecular weight excluding hydrogens is 114 g/mol. The molecule has 1 fully saturated rings. The lowest BCUT2D eigenvalue weighted by molar-refractivity contribution is 0.135. The summed E-state index contributed by atoms with van der Waals surface area (Å²) in [6.45, 7) is 0. The van der Waals surface area contributed by atoms with E-state index in [2.05, 4.69) is 6.07 Å². The lowest BCUT2D eigenvalue weighted by Gasteiger charge is -2.07. The molecule has 2 atom stereocenters. The molecule has 1 aliphatic rings. The molecule has 0 heterocycles. The summed E-state index contributed by atoms with van der Waals surface area (Å²) in [5, 5.41) is 17.5. The van der Waals surface area contributed by atoms with Crippen molar-refractivity contribution in [3.05, 3.63) is 0 Å². The summed E-state index contributed by atoms with van der Waals surface area (Å²) in [6, 6.07) is 2.08. The molecule has 0 amide bonds. The largest absolute Gasteiger partial charge is 0.393 e. The number of rotatable bonds is 1. The van der Waals surface area contributed by atoms with Gasteiger partial charge in [0.25, 0.3) is 0 Å². The molecule has 1 saturated carbocycles. The minimum absolute atomic E-state index is 0.190. The summed E-state index contributed by atoms with van der Waals surface area (Å²) in [5.41, 5.74) is 0. The molecule has 0 aromatic heterocycles. The zero-order chi connectivity index (χ0) is 6.69. The van der Waals surface area contributed by atoms with Crippen molar-refractivity contribution in [2.24, 2.45) is 5.92 Å². The summed E-state index contributed by atoms with van der Waals surface area (Å²) in [7, 11) is 0. The van der Waals surface area contributed by atoms with Crippen molar-refractivity contribution in [1.29, 1.82) is 5.26 Å². The Morgan fingerprint density at radius 3 is 2.78 bits per heavy atom. The first kappa shape index (κ1) is 6.57. The Kier molecular flexibility index (Phi) is 2.07. The zero-order valence-electron chi connectivity index (χ0n) is 5.38. The quantitative estimate of drug-likeness (QED) is 0.569. The molecule has 1 rings (SSSR count). The first-order valence-corrected chi connectivity index (χ1v) is 3.39. The molecular formula is C7H11NO. The number of aliphatic hydroxyl groups excluding tert-OH is 1. The molecule has 2 heteroatoms. The van der Waals surface area contributed by atoms with Crippen molar-refractivity contribution in [3.8, 4) is 6.07 Å². The molecule has 9 heavy (non-hydrogen) atoms. The molecule has 0 aliphatic heterocycles. The second-order valence-corrected chi connectivity index (χ2v) is 2.62. The van der Waals surface area contributed by atoms with Crippen LogP contribution >= 0.6 is 0 Å². The van der Waals surface area contributed by atoms with Gasteiger partial charge in [0.2, 0.25) is 0 Å². The van der Waals surface area contributed by atoms with E-state index in [0.717, 1.165) is 19.3 Å². The topological polar surface area (TPSA) is 44.0 Å². The van der Waals surface area contributed by atoms with E-state index in [1.807, 2.05) is 0 Å². The number of nitriles is 1. The smallest absolute Gasteiger partial charge is 0.0625 e. The van der Waals surface area contributed by atoms with Gasteiger partial charge in [0.05, 0.1) is 12.2 Å². The van der Waals surface area contributed by atoms with E-state index in [1.165, 1.54) is 0 Å². The van der Waals surface area contributed by atoms with Crippen molar-refractivity contribution in [2.75, 3.05) is 0 Å². The first-order chi connectivity index (χ1) is 4.34. The monoisotopic (exact) mass is 125 g/mol. The second-order valence-electron chi connectivity index (χ2n) is 2.62. The third kappa shape index (κ3) is 1.43. The number of aliphatic hydroxyl groups is 1. The van der Waals surface area contributed by atoms with Gasteiger partial charge in [-0.3, -0.25) is 0 Å². The Hall–Kier alpha value is -0.550. The Morgan fingerprint density at radius 1 is 1.56 bits per heavy atom. The van der Waals surface area contributed by atoms with Crippen LogP contribution in [0.25, 0.3) is 0 Å². The van der Waals surface area contributed by atoms with Crippen LogP contribution in [0.1, 0.15) is 25.7 Å². The van der Waals surface area contributed by atoms with Crippen LogP contribution < -0.4 is 0 Å². The lowest BCUT2D eigenvalue weighted by atomic mass is 10.0. The standard InChI is InChI=1S/C7H11NO/c8-5-4-6-2-1-3-7(6)9/h6-7,9H,1-4H2. The van der Waals surface area contributed by atoms with E-state index in [1.54, 1.807) is 0 Å². The number of hydrogen-bond donors (Lipinski definition) is 1. The van der Waals surface area contributed by atoms with Crippen LogP contribution in [0.2, 0.25) is 0 Å². The predicted octanol–water partition coefficient (Wildman–Crippen LogP) is 1.06. The van der Waals surface area contributed by atoms with Crippen LogP contribution in [0.3, 0.4) is 0 Å². The zero-order valence-corrected chi connectivity index (χ0v) is 5.38. The van der Waals surface area contributed by atoms with Gasteiger partial charge in [0.15, 0.2) is 0 Å². The molecule has 0 radical (unpaired) electrons. The Bertz CT molecular complexity index is 127. The van der Waals surface area contributed by atoms with Gasteiger partial charge >= 0.3 is 0 Å². The van der Waals surface area contributed by atoms with E-state index in [0.29, 0.717) is 6.42 Å². The fourth-order valence-electron chi connectivity index (χ4n) is 1.37. The van der Waals surface area contributed by atoms with Crippen molar-refractivity contribution < 1.29 is 5.11 Å². The van der Waals surface area contributed by atoms with Crippen molar-refractivity contribution in [2.45, 2.75) is 31.8 Å². The van der Waals surface area contributed by atoms with E-state index < -0.39 is 0 Å². The highest BCUT2D eigenvalue weighted by atomic mass is 16.3. The highest BCUT2D eigenvalue weighted by Gasteiger charge is 2.24. The minimum atomic E-state index is -0.190. The van der Waals surface area contributed by atoms with E-state index >= 15 is 0 Å². The van der Waals surface area contributed by atoms with Crippen LogP contribution in [-0.4, -0.2) is 11.2 Å². The molecule has 50 valence electrons. The van der Waals surface area contributed by atoms with Gasteiger partial charge in [0, 0.05) is 6.42 Å². The number of hydrogen-bond acceptors (Lipinski definition) is 2. The Labute approximate surface area is 55.1 Å². The molecule has 0 spiro atoms. The van der Waals surface area contributed by atoms with Crippen molar-refractivity contribution in [1.82, 2.24) is 0 Å². The maximum Gasteiger partial charge on any atom is 0.0625 e. The summed E-state index contributed by atoms with van der Waals surface area (Å²) in [4.78, 5) is 0. The normalized spacial score (nSPS) is 34.2. The molecule has 0 saturated heterocycles. The van der Waals surface area contributed by atoms with Gasteiger partial charge in [-0.05, 0) is 18.8 Å². The summed E-state index contributed by atoms with van der Waals surface area (Å²) < 4.78 is 0. The first-order valence-electron chi connectivity index (χ1n) is 3.39. The molecule has 1 aliphatic carbocycles. The fraction of sp³-hybridized carbons (Fsp3) is 0.857.